The number of unbranched alkanes of at least 4 members (excludes halogenated alkanes) is 1. The molecule has 1 atom stereocenters. The zero-order valence-electron chi connectivity index (χ0n) is 19.8. The number of aryl methyl sites for hydroxylation is 1. The van der Waals surface area contributed by atoms with Crippen LogP contribution >= 0.6 is 0 Å². The van der Waals surface area contributed by atoms with Gasteiger partial charge in [0.25, 0.3) is 5.56 Å². The smallest absolute Gasteiger partial charge is 0.259 e. The highest BCUT2D eigenvalue weighted by Gasteiger charge is 2.32. The highest BCUT2D eigenvalue weighted by atomic mass is 16.2. The molecule has 0 radical (unpaired) electrons. The second-order valence-corrected chi connectivity index (χ2v) is 8.72. The van der Waals surface area contributed by atoms with Crippen molar-refractivity contribution < 1.29 is 4.79 Å². The minimum Gasteiger partial charge on any atom is -0.294 e. The van der Waals surface area contributed by atoms with Crippen LogP contribution < -0.4 is 10.9 Å². The average Bonchev–Trinajstić information content (AvgIpc) is 3.53. The fourth-order valence-corrected chi connectivity index (χ4v) is 4.62. The molecule has 1 aliphatic heterocycles. The van der Waals surface area contributed by atoms with Crippen LogP contribution in [0.3, 0.4) is 0 Å². The van der Waals surface area contributed by atoms with Gasteiger partial charge in [0.15, 0.2) is 5.82 Å². The minimum absolute atomic E-state index is 0.126. The van der Waals surface area contributed by atoms with Crippen LogP contribution in [-0.4, -0.2) is 36.1 Å². The fourth-order valence-electron chi connectivity index (χ4n) is 4.62. The van der Waals surface area contributed by atoms with Crippen molar-refractivity contribution in [2.75, 3.05) is 5.32 Å². The lowest BCUT2D eigenvalue weighted by molar-refractivity contribution is -0.118. The largest absolute Gasteiger partial charge is 0.294 e. The van der Waals surface area contributed by atoms with Crippen LogP contribution in [0.4, 0.5) is 5.95 Å². The summed E-state index contributed by atoms with van der Waals surface area (Å²) in [5.74, 6) is 0.812. The first-order valence-corrected chi connectivity index (χ1v) is 12.0. The Hall–Kier alpha value is -4.14. The van der Waals surface area contributed by atoms with E-state index in [9.17, 15) is 9.59 Å². The second kappa shape index (κ2) is 9.61. The van der Waals surface area contributed by atoms with E-state index in [-0.39, 0.29) is 11.5 Å². The van der Waals surface area contributed by atoms with Gasteiger partial charge in [0.05, 0.1) is 5.69 Å². The third-order valence-corrected chi connectivity index (χ3v) is 6.47. The highest BCUT2D eigenvalue weighted by Crippen LogP contribution is 2.30. The Morgan fingerprint density at radius 1 is 1.00 bits per heavy atom. The average molecular weight is 470 g/mol. The van der Waals surface area contributed by atoms with E-state index in [1.807, 2.05) is 55.5 Å². The van der Waals surface area contributed by atoms with E-state index in [0.29, 0.717) is 36.6 Å². The molecule has 9 nitrogen and oxygen atoms in total. The lowest BCUT2D eigenvalue weighted by Gasteiger charge is -2.14. The molecule has 1 unspecified atom stereocenters. The van der Waals surface area contributed by atoms with Gasteiger partial charge < -0.3 is 0 Å². The third kappa shape index (κ3) is 4.25. The van der Waals surface area contributed by atoms with Crippen molar-refractivity contribution in [2.45, 2.75) is 52.0 Å². The third-order valence-electron chi connectivity index (χ3n) is 6.47. The van der Waals surface area contributed by atoms with Gasteiger partial charge in [-0.05, 0) is 46.4 Å². The van der Waals surface area contributed by atoms with Crippen LogP contribution in [0.5, 0.6) is 0 Å². The quantitative estimate of drug-likeness (QED) is 0.404. The number of anilines is 1. The molecule has 0 saturated heterocycles. The van der Waals surface area contributed by atoms with E-state index in [0.717, 1.165) is 40.8 Å². The Balaban J connectivity index is 1.49. The Morgan fingerprint density at radius 3 is 2.46 bits per heavy atom. The van der Waals surface area contributed by atoms with Crippen molar-refractivity contribution in [3.8, 4) is 22.5 Å². The molecule has 1 aliphatic rings. The van der Waals surface area contributed by atoms with Gasteiger partial charge in [0, 0.05) is 17.5 Å². The number of nitrogens with one attached hydrogen (secondary N) is 2. The minimum atomic E-state index is -0.506. The summed E-state index contributed by atoms with van der Waals surface area (Å²) in [6, 6.07) is 15.6. The molecule has 0 saturated carbocycles. The zero-order chi connectivity index (χ0) is 24.4. The van der Waals surface area contributed by atoms with Crippen molar-refractivity contribution in [3.63, 3.8) is 0 Å². The summed E-state index contributed by atoms with van der Waals surface area (Å²) in [4.78, 5) is 30.6. The van der Waals surface area contributed by atoms with E-state index in [2.05, 4.69) is 32.9 Å². The van der Waals surface area contributed by atoms with Crippen molar-refractivity contribution in [3.05, 3.63) is 75.7 Å². The molecule has 1 amide bonds. The van der Waals surface area contributed by atoms with Gasteiger partial charge in [-0.2, -0.15) is 0 Å². The zero-order valence-corrected chi connectivity index (χ0v) is 19.8. The number of aromatic nitrogens is 6. The van der Waals surface area contributed by atoms with Crippen LogP contribution in [-0.2, 0) is 17.6 Å². The second-order valence-electron chi connectivity index (χ2n) is 8.72. The number of H-pyrrole nitrogens is 1. The fraction of sp³-hybridized carbons (Fsp3) is 0.308. The first-order valence-electron chi connectivity index (χ1n) is 12.0. The first kappa shape index (κ1) is 22.6. The maximum absolute atomic E-state index is 13.5. The maximum atomic E-state index is 13.5. The van der Waals surface area contributed by atoms with Crippen LogP contribution in [0.15, 0.2) is 53.3 Å². The number of rotatable bonds is 8. The summed E-state index contributed by atoms with van der Waals surface area (Å²) in [7, 11) is 0. The number of tetrazole rings is 1. The van der Waals surface area contributed by atoms with Gasteiger partial charge in [0.1, 0.15) is 6.04 Å². The van der Waals surface area contributed by atoms with E-state index in [1.54, 1.807) is 0 Å². The van der Waals surface area contributed by atoms with Gasteiger partial charge in [0.2, 0.25) is 11.9 Å². The highest BCUT2D eigenvalue weighted by molar-refractivity contribution is 5.96. The molecule has 0 fully saturated rings. The summed E-state index contributed by atoms with van der Waals surface area (Å²) in [5, 5.41) is 17.0. The molecule has 0 bridgehead atoms. The molecule has 5 rings (SSSR count). The van der Waals surface area contributed by atoms with Crippen molar-refractivity contribution in [2.24, 2.45) is 0 Å². The number of hydrogen-bond donors (Lipinski definition) is 2. The number of benzene rings is 2. The number of carbonyl (C=O) groups is 1. The lowest BCUT2D eigenvalue weighted by atomic mass is 9.96. The van der Waals surface area contributed by atoms with Gasteiger partial charge in [-0.3, -0.25) is 19.5 Å². The summed E-state index contributed by atoms with van der Waals surface area (Å²) >= 11 is 0. The summed E-state index contributed by atoms with van der Waals surface area (Å²) in [5.41, 5.74) is 5.27. The lowest BCUT2D eigenvalue weighted by Crippen LogP contribution is -2.29. The molecule has 3 heterocycles. The van der Waals surface area contributed by atoms with Crippen LogP contribution in [0.1, 0.15) is 56.0 Å². The Kier molecular flexibility index (Phi) is 6.22. The number of nitrogens with zero attached hydrogens (tertiary/aromatic N) is 5. The molecule has 178 valence electrons. The molecule has 2 aromatic carbocycles. The van der Waals surface area contributed by atoms with Crippen molar-refractivity contribution >= 4 is 11.9 Å². The normalized spacial score (nSPS) is 14.7. The van der Waals surface area contributed by atoms with Gasteiger partial charge in [-0.15, -0.1) is 5.10 Å². The van der Waals surface area contributed by atoms with Crippen LogP contribution in [0, 0.1) is 0 Å². The predicted octanol–water partition coefficient (Wildman–Crippen LogP) is 3.93. The SMILES string of the molecule is CCCCc1nc2n(c(=O)c1Cc1ccc(-c3ccccc3-c3nnn[nH]3)cc1)C(CC)C(=O)N2. The van der Waals surface area contributed by atoms with Crippen LogP contribution in [0.25, 0.3) is 22.5 Å². The van der Waals surface area contributed by atoms with E-state index in [4.69, 9.17) is 4.98 Å². The molecule has 2 aromatic heterocycles. The first-order chi connectivity index (χ1) is 17.1. The monoisotopic (exact) mass is 469 g/mol. The summed E-state index contributed by atoms with van der Waals surface area (Å²) in [6.07, 6.45) is 3.64. The number of fused-ring (bicyclic) bond motifs is 1. The molecule has 35 heavy (non-hydrogen) atoms. The number of aromatic amines is 1. The number of amides is 1. The van der Waals surface area contributed by atoms with Crippen molar-refractivity contribution in [1.82, 2.24) is 30.2 Å². The predicted molar refractivity (Wildman–Crippen MR) is 133 cm³/mol. The topological polar surface area (TPSA) is 118 Å². The molecule has 4 aromatic rings. The van der Waals surface area contributed by atoms with Gasteiger partial charge in [-0.25, -0.2) is 10.1 Å². The number of carbonyl (C=O) groups excluding carboxylic acids is 1. The van der Waals surface area contributed by atoms with E-state index >= 15 is 0 Å². The van der Waals surface area contributed by atoms with E-state index < -0.39 is 6.04 Å². The number of hydrogen-bond acceptors (Lipinski definition) is 6. The molecule has 0 aliphatic carbocycles. The van der Waals surface area contributed by atoms with Crippen LogP contribution in [0.2, 0.25) is 0 Å². The Bertz CT molecular complexity index is 1410. The molecule has 9 heteroatoms. The molecule has 2 N–H and O–H groups in total. The molecular weight excluding hydrogens is 442 g/mol. The molecule has 0 spiro atoms. The molecular formula is C26H27N7O2. The maximum Gasteiger partial charge on any atom is 0.259 e. The standard InChI is InChI=1S/C26H27N7O2/c1-3-5-10-21-20(25(35)33-22(4-2)24(34)28-26(33)27-21)15-16-11-13-17(14-12-16)18-8-6-7-9-19(18)23-29-31-32-30-23/h6-9,11-14,22H,3-5,10,15H2,1-2H3,(H,27,28,34)(H,29,30,31,32). The summed E-state index contributed by atoms with van der Waals surface area (Å²) < 4.78 is 1.53. The Morgan fingerprint density at radius 2 is 1.77 bits per heavy atom. The van der Waals surface area contributed by atoms with Crippen molar-refractivity contribution in [1.29, 1.82) is 0 Å². The Labute approximate surface area is 202 Å². The van der Waals surface area contributed by atoms with Gasteiger partial charge in [-0.1, -0.05) is 68.8 Å². The van der Waals surface area contributed by atoms with E-state index in [1.165, 1.54) is 4.57 Å². The van der Waals surface area contributed by atoms with Gasteiger partial charge >= 0.3 is 0 Å². The summed E-state index contributed by atoms with van der Waals surface area (Å²) in [6.45, 7) is 4.02.